The van der Waals surface area contributed by atoms with Crippen molar-refractivity contribution in [2.75, 3.05) is 11.3 Å². The zero-order valence-electron chi connectivity index (χ0n) is 7.76. The fourth-order valence-corrected chi connectivity index (χ4v) is 2.30. The first-order chi connectivity index (χ1) is 6.45. The molecule has 0 aliphatic heterocycles. The van der Waals surface area contributed by atoms with Crippen molar-refractivity contribution in [3.63, 3.8) is 0 Å². The molecule has 1 aromatic rings. The molecule has 1 aromatic heterocycles. The Morgan fingerprint density at radius 3 is 2.64 bits per heavy atom. The van der Waals surface area contributed by atoms with E-state index in [1.807, 2.05) is 0 Å². The highest BCUT2D eigenvalue weighted by Crippen LogP contribution is 2.16. The van der Waals surface area contributed by atoms with Crippen LogP contribution in [0.4, 0.5) is 5.13 Å². The number of nitrogens with one attached hydrogen (secondary N) is 1. The molecule has 0 amide bonds. The molecule has 1 unspecified atom stereocenters. The predicted octanol–water partition coefficient (Wildman–Crippen LogP) is -0.0310. The smallest absolute Gasteiger partial charge is 0.239 e. The van der Waals surface area contributed by atoms with Gasteiger partial charge in [-0.15, -0.1) is 10.2 Å². The molecule has 0 aliphatic rings. The van der Waals surface area contributed by atoms with E-state index in [9.17, 15) is 8.42 Å². The van der Waals surface area contributed by atoms with Gasteiger partial charge in [0.2, 0.25) is 15.2 Å². The van der Waals surface area contributed by atoms with Gasteiger partial charge in [0.05, 0.1) is 6.61 Å². The topological polar surface area (TPSA) is 92.2 Å². The summed E-state index contributed by atoms with van der Waals surface area (Å²) in [7, 11) is -3.54. The van der Waals surface area contributed by atoms with Gasteiger partial charge in [-0.1, -0.05) is 11.3 Å². The van der Waals surface area contributed by atoms with Gasteiger partial charge in [0.15, 0.2) is 0 Å². The third kappa shape index (κ3) is 2.63. The number of aryl methyl sites for hydroxylation is 1. The lowest BCUT2D eigenvalue weighted by Crippen LogP contribution is -2.28. The lowest BCUT2D eigenvalue weighted by molar-refractivity contribution is 0.296. The predicted molar refractivity (Wildman–Crippen MR) is 53.7 cm³/mol. The van der Waals surface area contributed by atoms with E-state index in [4.69, 9.17) is 5.11 Å². The molecule has 1 heterocycles. The van der Waals surface area contributed by atoms with Crippen LogP contribution in [0, 0.1) is 6.92 Å². The first-order valence-corrected chi connectivity index (χ1v) is 6.24. The molecule has 0 saturated carbocycles. The SMILES string of the molecule is Cc1nnc(NS(=O)(=O)C(C)CO)s1. The van der Waals surface area contributed by atoms with E-state index in [0.717, 1.165) is 11.3 Å². The minimum Gasteiger partial charge on any atom is -0.395 e. The molecular formula is C6H11N3O3S2. The number of hydrogen-bond acceptors (Lipinski definition) is 6. The summed E-state index contributed by atoms with van der Waals surface area (Å²) >= 11 is 1.15. The van der Waals surface area contributed by atoms with Gasteiger partial charge in [0.25, 0.3) is 0 Å². The molecule has 8 heteroatoms. The molecule has 1 atom stereocenters. The molecule has 0 aromatic carbocycles. The number of aliphatic hydroxyl groups is 1. The Morgan fingerprint density at radius 2 is 2.21 bits per heavy atom. The van der Waals surface area contributed by atoms with Crippen molar-refractivity contribution in [3.05, 3.63) is 5.01 Å². The van der Waals surface area contributed by atoms with Gasteiger partial charge >= 0.3 is 0 Å². The maximum absolute atomic E-state index is 11.4. The summed E-state index contributed by atoms with van der Waals surface area (Å²) in [4.78, 5) is 0. The largest absolute Gasteiger partial charge is 0.395 e. The van der Waals surface area contributed by atoms with Crippen LogP contribution in [0.25, 0.3) is 0 Å². The Bertz CT molecular complexity index is 400. The van der Waals surface area contributed by atoms with E-state index in [-0.39, 0.29) is 5.13 Å². The summed E-state index contributed by atoms with van der Waals surface area (Å²) in [5.74, 6) is 0. The van der Waals surface area contributed by atoms with Crippen molar-refractivity contribution in [1.29, 1.82) is 0 Å². The van der Waals surface area contributed by atoms with Crippen LogP contribution < -0.4 is 4.72 Å². The second-order valence-corrected chi connectivity index (χ2v) is 6.05. The molecule has 6 nitrogen and oxygen atoms in total. The second kappa shape index (κ2) is 4.20. The van der Waals surface area contributed by atoms with Gasteiger partial charge in [-0.2, -0.15) is 0 Å². The van der Waals surface area contributed by atoms with Crippen molar-refractivity contribution >= 4 is 26.5 Å². The zero-order chi connectivity index (χ0) is 10.8. The molecule has 0 fully saturated rings. The van der Waals surface area contributed by atoms with Crippen LogP contribution in [0.1, 0.15) is 11.9 Å². The second-order valence-electron chi connectivity index (χ2n) is 2.77. The standard InChI is InChI=1S/C6H11N3O3S2/c1-4(3-10)14(11,12)9-6-8-7-5(2)13-6/h4,10H,3H2,1-2H3,(H,8,9). The summed E-state index contributed by atoms with van der Waals surface area (Å²) in [5, 5.41) is 16.0. The number of aromatic nitrogens is 2. The molecule has 0 saturated heterocycles. The number of aliphatic hydroxyl groups excluding tert-OH is 1. The number of hydrogen-bond donors (Lipinski definition) is 2. The van der Waals surface area contributed by atoms with Gasteiger partial charge < -0.3 is 5.11 Å². The van der Waals surface area contributed by atoms with Crippen molar-refractivity contribution < 1.29 is 13.5 Å². The van der Waals surface area contributed by atoms with Crippen LogP contribution in [0.3, 0.4) is 0 Å². The van der Waals surface area contributed by atoms with Gasteiger partial charge in [-0.05, 0) is 13.8 Å². The van der Waals surface area contributed by atoms with Crippen molar-refractivity contribution in [3.8, 4) is 0 Å². The quantitative estimate of drug-likeness (QED) is 0.767. The zero-order valence-corrected chi connectivity index (χ0v) is 9.39. The van der Waals surface area contributed by atoms with Crippen LogP contribution in [0.2, 0.25) is 0 Å². The van der Waals surface area contributed by atoms with E-state index < -0.39 is 21.9 Å². The van der Waals surface area contributed by atoms with Gasteiger partial charge in [-0.3, -0.25) is 4.72 Å². The highest BCUT2D eigenvalue weighted by Gasteiger charge is 2.20. The first-order valence-electron chi connectivity index (χ1n) is 3.88. The molecular weight excluding hydrogens is 226 g/mol. The third-order valence-corrected chi connectivity index (χ3v) is 4.11. The lowest BCUT2D eigenvalue weighted by Gasteiger charge is -2.09. The molecule has 0 aliphatic carbocycles. The molecule has 0 spiro atoms. The van der Waals surface area contributed by atoms with E-state index in [0.29, 0.717) is 5.01 Å². The van der Waals surface area contributed by atoms with Crippen LogP contribution >= 0.6 is 11.3 Å². The summed E-state index contributed by atoms with van der Waals surface area (Å²) in [6.07, 6.45) is 0. The summed E-state index contributed by atoms with van der Waals surface area (Å²) < 4.78 is 25.1. The van der Waals surface area contributed by atoms with Gasteiger partial charge in [-0.25, -0.2) is 8.42 Å². The normalized spacial score (nSPS) is 13.9. The lowest BCUT2D eigenvalue weighted by atomic mass is 10.5. The maximum atomic E-state index is 11.4. The Morgan fingerprint density at radius 1 is 1.57 bits per heavy atom. The van der Waals surface area contributed by atoms with Crippen LogP contribution in [0.15, 0.2) is 0 Å². The Hall–Kier alpha value is -0.730. The first kappa shape index (κ1) is 11.3. The Kier molecular flexibility index (Phi) is 3.40. The van der Waals surface area contributed by atoms with E-state index in [2.05, 4.69) is 14.9 Å². The molecule has 0 bridgehead atoms. The number of rotatable bonds is 4. The van der Waals surface area contributed by atoms with E-state index >= 15 is 0 Å². The van der Waals surface area contributed by atoms with Crippen LogP contribution in [-0.2, 0) is 10.0 Å². The number of nitrogens with zero attached hydrogens (tertiary/aromatic N) is 2. The van der Waals surface area contributed by atoms with Crippen LogP contribution in [0.5, 0.6) is 0 Å². The van der Waals surface area contributed by atoms with Gasteiger partial charge in [0, 0.05) is 0 Å². The molecule has 1 rings (SSSR count). The summed E-state index contributed by atoms with van der Waals surface area (Å²) in [6, 6.07) is 0. The van der Waals surface area contributed by atoms with Crippen molar-refractivity contribution in [2.24, 2.45) is 0 Å². The summed E-state index contributed by atoms with van der Waals surface area (Å²) in [5.41, 5.74) is 0. The minimum atomic E-state index is -3.54. The maximum Gasteiger partial charge on any atom is 0.239 e. The Balaban J connectivity index is 2.78. The van der Waals surface area contributed by atoms with Crippen molar-refractivity contribution in [1.82, 2.24) is 10.2 Å². The molecule has 2 N–H and O–H groups in total. The van der Waals surface area contributed by atoms with Crippen LogP contribution in [-0.4, -0.2) is 35.6 Å². The fraction of sp³-hybridized carbons (Fsp3) is 0.667. The van der Waals surface area contributed by atoms with Crippen molar-refractivity contribution in [2.45, 2.75) is 19.1 Å². The molecule has 0 radical (unpaired) electrons. The number of anilines is 1. The van der Waals surface area contributed by atoms with E-state index in [1.54, 1.807) is 6.92 Å². The summed E-state index contributed by atoms with van der Waals surface area (Å²) in [6.45, 7) is 2.72. The average molecular weight is 237 g/mol. The third-order valence-electron chi connectivity index (χ3n) is 1.54. The highest BCUT2D eigenvalue weighted by atomic mass is 32.2. The molecule has 80 valence electrons. The monoisotopic (exact) mass is 237 g/mol. The molecule has 14 heavy (non-hydrogen) atoms. The average Bonchev–Trinajstić information content (AvgIpc) is 2.48. The van der Waals surface area contributed by atoms with Gasteiger partial charge in [0.1, 0.15) is 10.3 Å². The highest BCUT2D eigenvalue weighted by molar-refractivity contribution is 7.93. The van der Waals surface area contributed by atoms with E-state index in [1.165, 1.54) is 6.92 Å². The Labute approximate surface area is 86.0 Å². The number of sulfonamides is 1. The fourth-order valence-electron chi connectivity index (χ4n) is 0.658. The minimum absolute atomic E-state index is 0.225.